The molecule has 2 heterocycles. The summed E-state index contributed by atoms with van der Waals surface area (Å²) in [5.74, 6) is 0.699. The number of aryl methyl sites for hydroxylation is 1. The summed E-state index contributed by atoms with van der Waals surface area (Å²) in [6.07, 6.45) is 8.10. The van der Waals surface area contributed by atoms with Gasteiger partial charge in [0, 0.05) is 30.9 Å². The molecular formula is C27H37N3O2S. The average Bonchev–Trinajstić information content (AvgIpc) is 3.36. The number of nitrogens with zero attached hydrogens (tertiary/aromatic N) is 1. The van der Waals surface area contributed by atoms with Crippen molar-refractivity contribution in [3.8, 4) is 0 Å². The molecule has 5 nitrogen and oxygen atoms in total. The third kappa shape index (κ3) is 5.67. The number of likely N-dealkylation sites (tertiary alicyclic amines) is 1. The smallest absolute Gasteiger partial charge is 0.239 e. The molecule has 2 amide bonds. The molecule has 1 saturated carbocycles. The van der Waals surface area contributed by atoms with Crippen molar-refractivity contribution in [1.29, 1.82) is 0 Å². The summed E-state index contributed by atoms with van der Waals surface area (Å²) >= 11 is 1.63. The van der Waals surface area contributed by atoms with E-state index in [1.807, 2.05) is 22.4 Å². The summed E-state index contributed by atoms with van der Waals surface area (Å²) < 4.78 is 0. The van der Waals surface area contributed by atoms with Crippen molar-refractivity contribution in [2.24, 2.45) is 11.7 Å². The van der Waals surface area contributed by atoms with Gasteiger partial charge in [-0.15, -0.1) is 11.3 Å². The van der Waals surface area contributed by atoms with Crippen LogP contribution in [0.3, 0.4) is 0 Å². The van der Waals surface area contributed by atoms with E-state index in [2.05, 4.69) is 36.5 Å². The van der Waals surface area contributed by atoms with Gasteiger partial charge in [0.2, 0.25) is 11.8 Å². The molecule has 33 heavy (non-hydrogen) atoms. The Kier molecular flexibility index (Phi) is 7.86. The summed E-state index contributed by atoms with van der Waals surface area (Å²) in [7, 11) is 0. The summed E-state index contributed by atoms with van der Waals surface area (Å²) in [6.45, 7) is 3.94. The van der Waals surface area contributed by atoms with Crippen LogP contribution in [0, 0.1) is 12.8 Å². The largest absolute Gasteiger partial charge is 0.355 e. The summed E-state index contributed by atoms with van der Waals surface area (Å²) in [6, 6.07) is 11.8. The number of benzene rings is 1. The molecule has 2 aromatic rings. The highest BCUT2D eigenvalue weighted by Crippen LogP contribution is 2.37. The van der Waals surface area contributed by atoms with Gasteiger partial charge in [-0.2, -0.15) is 0 Å². The van der Waals surface area contributed by atoms with E-state index >= 15 is 0 Å². The topological polar surface area (TPSA) is 75.4 Å². The fourth-order valence-electron chi connectivity index (χ4n) is 5.39. The molecule has 1 aromatic heterocycles. The Morgan fingerprint density at radius 2 is 1.82 bits per heavy atom. The number of nitrogens with one attached hydrogen (secondary N) is 1. The molecule has 178 valence electrons. The zero-order chi connectivity index (χ0) is 23.3. The molecule has 1 atom stereocenters. The Morgan fingerprint density at radius 1 is 1.12 bits per heavy atom. The van der Waals surface area contributed by atoms with Gasteiger partial charge in [-0.25, -0.2) is 0 Å². The SMILES string of the molecule is Cc1ccc(C2(C(=O)NCC3CCCCC3)CCN(C(=O)[C@@H](N)Cc3cccs3)CC2)cc1. The first-order valence-electron chi connectivity index (χ1n) is 12.4. The van der Waals surface area contributed by atoms with E-state index in [1.165, 1.54) is 37.7 Å². The quantitative estimate of drug-likeness (QED) is 0.641. The molecular weight excluding hydrogens is 430 g/mol. The van der Waals surface area contributed by atoms with E-state index < -0.39 is 11.5 Å². The predicted molar refractivity (Wildman–Crippen MR) is 134 cm³/mol. The van der Waals surface area contributed by atoms with E-state index in [9.17, 15) is 9.59 Å². The first-order chi connectivity index (χ1) is 16.0. The minimum atomic E-state index is -0.586. The maximum Gasteiger partial charge on any atom is 0.239 e. The lowest BCUT2D eigenvalue weighted by atomic mass is 9.71. The fourth-order valence-corrected chi connectivity index (χ4v) is 6.16. The van der Waals surface area contributed by atoms with Crippen LogP contribution in [0.1, 0.15) is 60.9 Å². The maximum atomic E-state index is 13.6. The Labute approximate surface area is 201 Å². The molecule has 1 aliphatic carbocycles. The van der Waals surface area contributed by atoms with Gasteiger partial charge in [0.1, 0.15) is 0 Å². The third-order valence-corrected chi connectivity index (χ3v) is 8.46. The third-order valence-electron chi connectivity index (χ3n) is 7.56. The maximum absolute atomic E-state index is 13.6. The minimum Gasteiger partial charge on any atom is -0.355 e. The first-order valence-corrected chi connectivity index (χ1v) is 13.3. The number of piperidine rings is 1. The normalized spacial score (nSPS) is 19.8. The molecule has 4 rings (SSSR count). The number of thiophene rings is 1. The summed E-state index contributed by atoms with van der Waals surface area (Å²) in [4.78, 5) is 29.6. The minimum absolute atomic E-state index is 0.0106. The lowest BCUT2D eigenvalue weighted by molar-refractivity contribution is -0.138. The van der Waals surface area contributed by atoms with E-state index in [1.54, 1.807) is 11.3 Å². The number of hydrogen-bond donors (Lipinski definition) is 2. The molecule has 0 bridgehead atoms. The predicted octanol–water partition coefficient (Wildman–Crippen LogP) is 4.18. The Morgan fingerprint density at radius 3 is 2.45 bits per heavy atom. The molecule has 6 heteroatoms. The molecule has 2 aliphatic rings. The average molecular weight is 468 g/mol. The highest BCUT2D eigenvalue weighted by molar-refractivity contribution is 7.09. The van der Waals surface area contributed by atoms with Crippen molar-refractivity contribution in [3.05, 3.63) is 57.8 Å². The monoisotopic (exact) mass is 467 g/mol. The fraction of sp³-hybridized carbons (Fsp3) is 0.556. The second kappa shape index (κ2) is 10.8. The molecule has 0 radical (unpaired) electrons. The molecule has 2 fully saturated rings. The molecule has 1 aliphatic heterocycles. The van der Waals surface area contributed by atoms with Gasteiger partial charge in [-0.05, 0) is 55.5 Å². The molecule has 1 aromatic carbocycles. The highest BCUT2D eigenvalue weighted by Gasteiger charge is 2.44. The van der Waals surface area contributed by atoms with Gasteiger partial charge < -0.3 is 16.0 Å². The number of hydrogen-bond acceptors (Lipinski definition) is 4. The van der Waals surface area contributed by atoms with Crippen molar-refractivity contribution in [2.45, 2.75) is 69.7 Å². The van der Waals surface area contributed by atoms with Crippen molar-refractivity contribution in [3.63, 3.8) is 0 Å². The lowest BCUT2D eigenvalue weighted by Gasteiger charge is -2.42. The Bertz CT molecular complexity index is 911. The van der Waals surface area contributed by atoms with Gasteiger partial charge in [-0.1, -0.05) is 55.2 Å². The number of carbonyl (C=O) groups excluding carboxylic acids is 2. The van der Waals surface area contributed by atoms with Gasteiger partial charge in [-0.3, -0.25) is 9.59 Å². The van der Waals surface area contributed by atoms with Crippen molar-refractivity contribution in [2.75, 3.05) is 19.6 Å². The van der Waals surface area contributed by atoms with Crippen molar-refractivity contribution >= 4 is 23.2 Å². The van der Waals surface area contributed by atoms with Crippen molar-refractivity contribution < 1.29 is 9.59 Å². The van der Waals surface area contributed by atoms with E-state index in [4.69, 9.17) is 5.73 Å². The van der Waals surface area contributed by atoms with Gasteiger partial charge in [0.25, 0.3) is 0 Å². The highest BCUT2D eigenvalue weighted by atomic mass is 32.1. The number of amides is 2. The van der Waals surface area contributed by atoms with Crippen LogP contribution in [-0.2, 0) is 21.4 Å². The van der Waals surface area contributed by atoms with Crippen LogP contribution < -0.4 is 11.1 Å². The van der Waals surface area contributed by atoms with Crippen LogP contribution in [0.5, 0.6) is 0 Å². The summed E-state index contributed by atoms with van der Waals surface area (Å²) in [5.41, 5.74) is 7.92. The lowest BCUT2D eigenvalue weighted by Crippen LogP contribution is -2.55. The van der Waals surface area contributed by atoms with Crippen molar-refractivity contribution in [1.82, 2.24) is 10.2 Å². The Balaban J connectivity index is 1.44. The van der Waals surface area contributed by atoms with Crippen LogP contribution in [0.2, 0.25) is 0 Å². The van der Waals surface area contributed by atoms with Crippen LogP contribution in [-0.4, -0.2) is 42.4 Å². The Hall–Kier alpha value is -2.18. The second-order valence-electron chi connectivity index (χ2n) is 9.88. The molecule has 0 spiro atoms. The standard InChI is InChI=1S/C27H37N3O2S/c1-20-9-11-22(12-10-20)27(26(32)29-19-21-6-3-2-4-7-21)13-15-30(16-14-27)25(31)24(28)18-23-8-5-17-33-23/h5,8-12,17,21,24H,2-4,6-7,13-16,18-19,28H2,1H3,(H,29,32)/t24-/m0/s1. The zero-order valence-electron chi connectivity index (χ0n) is 19.7. The first kappa shape index (κ1) is 24.0. The molecule has 0 unspecified atom stereocenters. The van der Waals surface area contributed by atoms with Gasteiger partial charge in [0.05, 0.1) is 11.5 Å². The number of rotatable bonds is 7. The summed E-state index contributed by atoms with van der Waals surface area (Å²) in [5, 5.41) is 5.32. The molecule has 1 saturated heterocycles. The molecule has 3 N–H and O–H groups in total. The zero-order valence-corrected chi connectivity index (χ0v) is 20.5. The van der Waals surface area contributed by atoms with Gasteiger partial charge in [0.15, 0.2) is 0 Å². The van der Waals surface area contributed by atoms with Crippen LogP contribution >= 0.6 is 11.3 Å². The number of carbonyl (C=O) groups is 2. The number of nitrogens with two attached hydrogens (primary N) is 1. The van der Waals surface area contributed by atoms with Crippen LogP contribution in [0.15, 0.2) is 41.8 Å². The van der Waals surface area contributed by atoms with Crippen LogP contribution in [0.25, 0.3) is 0 Å². The van der Waals surface area contributed by atoms with E-state index in [0.29, 0.717) is 38.3 Å². The van der Waals surface area contributed by atoms with E-state index in [0.717, 1.165) is 17.0 Å². The second-order valence-corrected chi connectivity index (χ2v) is 10.9. The van der Waals surface area contributed by atoms with Gasteiger partial charge >= 0.3 is 0 Å². The van der Waals surface area contributed by atoms with E-state index in [-0.39, 0.29) is 11.8 Å². The van der Waals surface area contributed by atoms with Crippen LogP contribution in [0.4, 0.5) is 0 Å².